The van der Waals surface area contributed by atoms with E-state index in [0.29, 0.717) is 16.8 Å². The number of hydrogen-bond acceptors (Lipinski definition) is 3. The Morgan fingerprint density at radius 2 is 2.00 bits per heavy atom. The lowest BCUT2D eigenvalue weighted by Crippen LogP contribution is -1.96. The van der Waals surface area contributed by atoms with E-state index in [1.807, 2.05) is 6.92 Å². The fourth-order valence-corrected chi connectivity index (χ4v) is 1.86. The quantitative estimate of drug-likeness (QED) is 0.814. The second kappa shape index (κ2) is 4.80. The predicted molar refractivity (Wildman–Crippen MR) is 69.1 cm³/mol. The highest BCUT2D eigenvalue weighted by atomic mass is 35.5. The van der Waals surface area contributed by atoms with Gasteiger partial charge in [-0.3, -0.25) is 0 Å². The van der Waals surface area contributed by atoms with Gasteiger partial charge in [0.25, 0.3) is 0 Å². The van der Waals surface area contributed by atoms with E-state index >= 15 is 0 Å². The summed E-state index contributed by atoms with van der Waals surface area (Å²) in [5.74, 6) is 0.470. The number of aryl methyl sites for hydroxylation is 1. The summed E-state index contributed by atoms with van der Waals surface area (Å²) in [6.45, 7) is 6.35. The van der Waals surface area contributed by atoms with Crippen LogP contribution in [-0.2, 0) is 0 Å². The molecular weight excluding hydrogens is 234 g/mol. The molecule has 1 aromatic heterocycles. The van der Waals surface area contributed by atoms with Crippen LogP contribution in [0.3, 0.4) is 0 Å². The maximum absolute atomic E-state index is 6.05. The topological polar surface area (TPSA) is 38.7 Å². The molecule has 0 amide bonds. The molecule has 0 radical (unpaired) electrons. The van der Waals surface area contributed by atoms with Gasteiger partial charge in [0, 0.05) is 5.56 Å². The lowest BCUT2D eigenvalue weighted by Gasteiger charge is -2.10. The molecule has 0 aliphatic heterocycles. The van der Waals surface area contributed by atoms with Gasteiger partial charge in [-0.2, -0.15) is 0 Å². The molecule has 0 unspecified atom stereocenters. The minimum Gasteiger partial charge on any atom is -0.220 e. The number of benzene rings is 1. The molecule has 0 saturated carbocycles. The summed E-state index contributed by atoms with van der Waals surface area (Å²) in [5, 5.41) is 8.25. The van der Waals surface area contributed by atoms with Crippen molar-refractivity contribution in [2.45, 2.75) is 26.7 Å². The number of nitrogens with zero attached hydrogens (tertiary/aromatic N) is 3. The largest absolute Gasteiger partial charge is 0.220 e. The number of hydrogen-bond donors (Lipinski definition) is 0. The molecule has 0 bridgehead atoms. The molecule has 17 heavy (non-hydrogen) atoms. The van der Waals surface area contributed by atoms with Crippen molar-refractivity contribution in [1.29, 1.82) is 0 Å². The van der Waals surface area contributed by atoms with Gasteiger partial charge in [0.1, 0.15) is 12.0 Å². The molecule has 2 aromatic rings. The zero-order valence-corrected chi connectivity index (χ0v) is 10.9. The standard InChI is InChI=1S/C13H14ClN3/c1-8(2)10-5-4-9(3)11(6-10)12-13(14)15-7-16-17-12/h4-8H,1-3H3. The van der Waals surface area contributed by atoms with Crippen LogP contribution >= 0.6 is 11.6 Å². The maximum atomic E-state index is 6.05. The fraction of sp³-hybridized carbons (Fsp3) is 0.308. The van der Waals surface area contributed by atoms with Crippen molar-refractivity contribution < 1.29 is 0 Å². The van der Waals surface area contributed by atoms with E-state index in [1.54, 1.807) is 0 Å². The minimum atomic E-state index is 0.393. The van der Waals surface area contributed by atoms with Crippen molar-refractivity contribution in [2.75, 3.05) is 0 Å². The normalized spacial score (nSPS) is 10.9. The summed E-state index contributed by atoms with van der Waals surface area (Å²) in [6, 6.07) is 6.31. The summed E-state index contributed by atoms with van der Waals surface area (Å²) in [4.78, 5) is 3.96. The van der Waals surface area contributed by atoms with E-state index in [2.05, 4.69) is 47.2 Å². The highest BCUT2D eigenvalue weighted by Crippen LogP contribution is 2.29. The Bertz CT molecular complexity index is 538. The van der Waals surface area contributed by atoms with Gasteiger partial charge in [-0.25, -0.2) is 4.98 Å². The van der Waals surface area contributed by atoms with Crippen LogP contribution < -0.4 is 0 Å². The minimum absolute atomic E-state index is 0.393. The Hall–Kier alpha value is -1.48. The van der Waals surface area contributed by atoms with E-state index in [9.17, 15) is 0 Å². The number of aromatic nitrogens is 3. The molecule has 0 spiro atoms. The van der Waals surface area contributed by atoms with Crippen molar-refractivity contribution >= 4 is 11.6 Å². The summed E-state index contributed by atoms with van der Waals surface area (Å²) in [5.41, 5.74) is 4.03. The van der Waals surface area contributed by atoms with Crippen molar-refractivity contribution in [3.05, 3.63) is 40.8 Å². The van der Waals surface area contributed by atoms with Crippen LogP contribution in [0.1, 0.15) is 30.9 Å². The Morgan fingerprint density at radius 3 is 2.65 bits per heavy atom. The maximum Gasteiger partial charge on any atom is 0.159 e. The van der Waals surface area contributed by atoms with Crippen LogP contribution in [0, 0.1) is 6.92 Å². The van der Waals surface area contributed by atoms with E-state index in [4.69, 9.17) is 11.6 Å². The molecule has 4 heteroatoms. The molecule has 3 nitrogen and oxygen atoms in total. The molecule has 0 aliphatic carbocycles. The van der Waals surface area contributed by atoms with Crippen LogP contribution in [0.5, 0.6) is 0 Å². The summed E-state index contributed by atoms with van der Waals surface area (Å²) < 4.78 is 0. The monoisotopic (exact) mass is 247 g/mol. The SMILES string of the molecule is Cc1ccc(C(C)C)cc1-c1nncnc1Cl. The van der Waals surface area contributed by atoms with Crippen LogP contribution in [0.25, 0.3) is 11.3 Å². The van der Waals surface area contributed by atoms with Gasteiger partial charge < -0.3 is 0 Å². The first-order valence-corrected chi connectivity index (χ1v) is 5.91. The Kier molecular flexibility index (Phi) is 3.38. The number of rotatable bonds is 2. The third-order valence-electron chi connectivity index (χ3n) is 2.76. The average Bonchev–Trinajstić information content (AvgIpc) is 2.30. The van der Waals surface area contributed by atoms with Gasteiger partial charge in [0.05, 0.1) is 0 Å². The van der Waals surface area contributed by atoms with Crippen molar-refractivity contribution in [3.63, 3.8) is 0 Å². The van der Waals surface area contributed by atoms with Gasteiger partial charge in [-0.15, -0.1) is 10.2 Å². The molecule has 1 aromatic carbocycles. The van der Waals surface area contributed by atoms with Crippen molar-refractivity contribution in [2.24, 2.45) is 0 Å². The average molecular weight is 248 g/mol. The van der Waals surface area contributed by atoms with Gasteiger partial charge >= 0.3 is 0 Å². The van der Waals surface area contributed by atoms with Gasteiger partial charge in [0.2, 0.25) is 0 Å². The van der Waals surface area contributed by atoms with E-state index in [0.717, 1.165) is 11.1 Å². The van der Waals surface area contributed by atoms with Crippen LogP contribution in [0.4, 0.5) is 0 Å². The highest BCUT2D eigenvalue weighted by Gasteiger charge is 2.11. The third kappa shape index (κ3) is 2.44. The highest BCUT2D eigenvalue weighted by molar-refractivity contribution is 6.31. The summed E-state index contributed by atoms with van der Waals surface area (Å²) in [7, 11) is 0. The molecule has 0 atom stereocenters. The zero-order valence-electron chi connectivity index (χ0n) is 10.1. The lowest BCUT2D eigenvalue weighted by atomic mass is 9.96. The molecule has 2 rings (SSSR count). The van der Waals surface area contributed by atoms with E-state index in [-0.39, 0.29) is 0 Å². The molecule has 0 aliphatic rings. The first-order chi connectivity index (χ1) is 8.09. The summed E-state index contributed by atoms with van der Waals surface area (Å²) in [6.07, 6.45) is 1.35. The van der Waals surface area contributed by atoms with Crippen molar-refractivity contribution in [3.8, 4) is 11.3 Å². The second-order valence-electron chi connectivity index (χ2n) is 4.33. The zero-order chi connectivity index (χ0) is 12.4. The van der Waals surface area contributed by atoms with Gasteiger partial charge in [-0.1, -0.05) is 37.6 Å². The molecule has 88 valence electrons. The first-order valence-electron chi connectivity index (χ1n) is 5.53. The van der Waals surface area contributed by atoms with Crippen molar-refractivity contribution in [1.82, 2.24) is 15.2 Å². The molecule has 0 N–H and O–H groups in total. The van der Waals surface area contributed by atoms with Crippen LogP contribution in [0.15, 0.2) is 24.5 Å². The molecule has 0 saturated heterocycles. The first kappa shape index (κ1) is 12.0. The van der Waals surface area contributed by atoms with Gasteiger partial charge in [-0.05, 0) is 30.0 Å². The van der Waals surface area contributed by atoms with Crippen LogP contribution in [0.2, 0.25) is 5.15 Å². The summed E-state index contributed by atoms with van der Waals surface area (Å²) >= 11 is 6.05. The van der Waals surface area contributed by atoms with Gasteiger partial charge in [0.15, 0.2) is 5.15 Å². The second-order valence-corrected chi connectivity index (χ2v) is 4.69. The Balaban J connectivity index is 2.59. The molecule has 0 fully saturated rings. The van der Waals surface area contributed by atoms with E-state index in [1.165, 1.54) is 11.9 Å². The molecular formula is C13H14ClN3. The smallest absolute Gasteiger partial charge is 0.159 e. The van der Waals surface area contributed by atoms with Crippen LogP contribution in [-0.4, -0.2) is 15.2 Å². The fourth-order valence-electron chi connectivity index (χ4n) is 1.68. The Labute approximate surface area is 106 Å². The number of halogens is 1. The predicted octanol–water partition coefficient (Wildman–Crippen LogP) is 3.62. The lowest BCUT2D eigenvalue weighted by molar-refractivity contribution is 0.865. The molecule has 1 heterocycles. The van der Waals surface area contributed by atoms with E-state index < -0.39 is 0 Å². The third-order valence-corrected chi connectivity index (χ3v) is 3.04. The Morgan fingerprint density at radius 1 is 1.24 bits per heavy atom.